The minimum absolute atomic E-state index is 0.0574. The maximum atomic E-state index is 12.3. The predicted molar refractivity (Wildman–Crippen MR) is 81.4 cm³/mol. The van der Waals surface area contributed by atoms with Crippen molar-refractivity contribution in [3.05, 3.63) is 29.8 Å². The largest absolute Gasteiger partial charge is 0.354 e. The molecular formula is C15H22N2O3S. The van der Waals surface area contributed by atoms with Crippen molar-refractivity contribution in [1.82, 2.24) is 10.0 Å². The van der Waals surface area contributed by atoms with Gasteiger partial charge in [-0.3, -0.25) is 4.79 Å². The van der Waals surface area contributed by atoms with Crippen molar-refractivity contribution < 1.29 is 13.2 Å². The van der Waals surface area contributed by atoms with Gasteiger partial charge in [0.2, 0.25) is 15.9 Å². The average molecular weight is 310 g/mol. The number of hydrogen-bond donors (Lipinski definition) is 2. The van der Waals surface area contributed by atoms with Gasteiger partial charge in [0.05, 0.1) is 4.90 Å². The molecule has 1 aromatic rings. The first-order chi connectivity index (χ1) is 9.87. The Labute approximate surface area is 126 Å². The van der Waals surface area contributed by atoms with Crippen molar-refractivity contribution in [1.29, 1.82) is 0 Å². The Bertz CT molecular complexity index is 596. The number of amides is 1. The van der Waals surface area contributed by atoms with E-state index in [1.165, 1.54) is 6.92 Å². The lowest BCUT2D eigenvalue weighted by Crippen LogP contribution is -2.45. The van der Waals surface area contributed by atoms with Crippen LogP contribution >= 0.6 is 0 Å². The van der Waals surface area contributed by atoms with E-state index in [0.717, 1.165) is 24.8 Å². The molecule has 1 aromatic carbocycles. The molecular weight excluding hydrogens is 288 g/mol. The summed E-state index contributed by atoms with van der Waals surface area (Å²) in [5.41, 5.74) is 1.03. The van der Waals surface area contributed by atoms with Gasteiger partial charge in [0, 0.05) is 19.0 Å². The summed E-state index contributed by atoms with van der Waals surface area (Å²) >= 11 is 0. The van der Waals surface area contributed by atoms with Crippen LogP contribution in [0, 0.1) is 6.92 Å². The minimum atomic E-state index is -3.49. The van der Waals surface area contributed by atoms with E-state index in [1.807, 2.05) is 6.92 Å². The van der Waals surface area contributed by atoms with Crippen LogP contribution in [0.5, 0.6) is 0 Å². The van der Waals surface area contributed by atoms with Gasteiger partial charge >= 0.3 is 0 Å². The average Bonchev–Trinajstić information content (AvgIpc) is 2.38. The molecule has 1 aliphatic rings. The molecule has 0 saturated heterocycles. The summed E-state index contributed by atoms with van der Waals surface area (Å²) in [6.07, 6.45) is 3.26. The van der Waals surface area contributed by atoms with Crippen LogP contribution in [0.1, 0.15) is 38.2 Å². The van der Waals surface area contributed by atoms with E-state index >= 15 is 0 Å². The quantitative estimate of drug-likeness (QED) is 0.889. The standard InChI is InChI=1S/C15H22N2O3S/c1-11-6-8-15(9-7-11)21(19,20)17-14-5-3-4-13(10-14)16-12(2)18/h6-9,13-14,17H,3-5,10H2,1-2H3,(H,16,18)/t13-,14+/m1/s1. The van der Waals surface area contributed by atoms with Crippen molar-refractivity contribution in [3.8, 4) is 0 Å². The fourth-order valence-electron chi connectivity index (χ4n) is 2.72. The summed E-state index contributed by atoms with van der Waals surface area (Å²) in [6, 6.07) is 6.74. The number of carbonyl (C=O) groups excluding carboxylic acids is 1. The summed E-state index contributed by atoms with van der Waals surface area (Å²) in [5.74, 6) is -0.0676. The summed E-state index contributed by atoms with van der Waals surface area (Å²) in [7, 11) is -3.49. The molecule has 116 valence electrons. The highest BCUT2D eigenvalue weighted by Gasteiger charge is 2.26. The van der Waals surface area contributed by atoms with Crippen LogP contribution in [-0.2, 0) is 14.8 Å². The molecule has 1 fully saturated rings. The van der Waals surface area contributed by atoms with Gasteiger partial charge in [-0.1, -0.05) is 17.7 Å². The van der Waals surface area contributed by atoms with E-state index in [4.69, 9.17) is 0 Å². The SMILES string of the molecule is CC(=O)N[C@@H]1CCC[C@H](NS(=O)(=O)c2ccc(C)cc2)C1. The summed E-state index contributed by atoms with van der Waals surface area (Å²) in [5, 5.41) is 2.87. The van der Waals surface area contributed by atoms with Crippen LogP contribution in [0.2, 0.25) is 0 Å². The fraction of sp³-hybridized carbons (Fsp3) is 0.533. The van der Waals surface area contributed by atoms with E-state index < -0.39 is 10.0 Å². The molecule has 2 atom stereocenters. The molecule has 2 N–H and O–H groups in total. The minimum Gasteiger partial charge on any atom is -0.354 e. The molecule has 1 saturated carbocycles. The van der Waals surface area contributed by atoms with Gasteiger partial charge in [-0.05, 0) is 44.7 Å². The molecule has 0 unspecified atom stereocenters. The highest BCUT2D eigenvalue weighted by molar-refractivity contribution is 7.89. The predicted octanol–water partition coefficient (Wildman–Crippen LogP) is 1.72. The Morgan fingerprint density at radius 2 is 1.76 bits per heavy atom. The maximum Gasteiger partial charge on any atom is 0.240 e. The van der Waals surface area contributed by atoms with Gasteiger partial charge in [0.25, 0.3) is 0 Å². The first kappa shape index (κ1) is 16.0. The molecule has 0 radical (unpaired) electrons. The zero-order valence-electron chi connectivity index (χ0n) is 12.4. The van der Waals surface area contributed by atoms with E-state index in [1.54, 1.807) is 24.3 Å². The highest BCUT2D eigenvalue weighted by Crippen LogP contribution is 2.21. The van der Waals surface area contributed by atoms with Gasteiger partial charge in [0.1, 0.15) is 0 Å². The van der Waals surface area contributed by atoms with E-state index in [2.05, 4.69) is 10.0 Å². The second-order valence-electron chi connectivity index (χ2n) is 5.70. The third-order valence-corrected chi connectivity index (χ3v) is 5.27. The van der Waals surface area contributed by atoms with Crippen molar-refractivity contribution in [2.24, 2.45) is 0 Å². The van der Waals surface area contributed by atoms with Crippen molar-refractivity contribution >= 4 is 15.9 Å². The first-order valence-electron chi connectivity index (χ1n) is 7.23. The molecule has 2 rings (SSSR count). The Kier molecular flexibility index (Phi) is 5.00. The Morgan fingerprint density at radius 1 is 1.14 bits per heavy atom. The monoisotopic (exact) mass is 310 g/mol. The van der Waals surface area contributed by atoms with Crippen LogP contribution in [0.25, 0.3) is 0 Å². The summed E-state index contributed by atoms with van der Waals surface area (Å²) in [6.45, 7) is 3.41. The Morgan fingerprint density at radius 3 is 2.38 bits per heavy atom. The molecule has 21 heavy (non-hydrogen) atoms. The van der Waals surface area contributed by atoms with Gasteiger partial charge < -0.3 is 5.32 Å². The van der Waals surface area contributed by atoms with Gasteiger partial charge in [-0.15, -0.1) is 0 Å². The molecule has 6 heteroatoms. The first-order valence-corrected chi connectivity index (χ1v) is 8.71. The van der Waals surface area contributed by atoms with Crippen LogP contribution < -0.4 is 10.0 Å². The van der Waals surface area contributed by atoms with Gasteiger partial charge in [-0.25, -0.2) is 13.1 Å². The Balaban J connectivity index is 2.02. The second kappa shape index (κ2) is 6.58. The van der Waals surface area contributed by atoms with Crippen LogP contribution in [0.15, 0.2) is 29.2 Å². The molecule has 0 aromatic heterocycles. The lowest BCUT2D eigenvalue weighted by Gasteiger charge is -2.29. The number of nitrogens with one attached hydrogen (secondary N) is 2. The second-order valence-corrected chi connectivity index (χ2v) is 7.41. The number of sulfonamides is 1. The number of hydrogen-bond acceptors (Lipinski definition) is 3. The van der Waals surface area contributed by atoms with E-state index in [0.29, 0.717) is 6.42 Å². The van der Waals surface area contributed by atoms with Gasteiger partial charge in [0.15, 0.2) is 0 Å². The van der Waals surface area contributed by atoms with E-state index in [-0.39, 0.29) is 22.9 Å². The molecule has 5 nitrogen and oxygen atoms in total. The van der Waals surface area contributed by atoms with Crippen molar-refractivity contribution in [3.63, 3.8) is 0 Å². The number of benzene rings is 1. The highest BCUT2D eigenvalue weighted by atomic mass is 32.2. The fourth-order valence-corrected chi connectivity index (χ4v) is 4.00. The zero-order chi connectivity index (χ0) is 15.5. The molecule has 1 amide bonds. The van der Waals surface area contributed by atoms with Gasteiger partial charge in [-0.2, -0.15) is 0 Å². The Hall–Kier alpha value is -1.40. The summed E-state index contributed by atoms with van der Waals surface area (Å²) in [4.78, 5) is 11.4. The van der Waals surface area contributed by atoms with Crippen LogP contribution in [0.4, 0.5) is 0 Å². The van der Waals surface area contributed by atoms with Crippen molar-refractivity contribution in [2.75, 3.05) is 0 Å². The van der Waals surface area contributed by atoms with Crippen LogP contribution in [0.3, 0.4) is 0 Å². The normalized spacial score (nSPS) is 22.8. The number of aryl methyl sites for hydroxylation is 1. The topological polar surface area (TPSA) is 75.3 Å². The molecule has 0 bridgehead atoms. The third kappa shape index (κ3) is 4.54. The number of rotatable bonds is 4. The molecule has 0 spiro atoms. The summed E-state index contributed by atoms with van der Waals surface area (Å²) < 4.78 is 27.4. The molecule has 0 aliphatic heterocycles. The lowest BCUT2D eigenvalue weighted by molar-refractivity contribution is -0.119. The van der Waals surface area contributed by atoms with Crippen molar-refractivity contribution in [2.45, 2.75) is 56.5 Å². The third-order valence-electron chi connectivity index (χ3n) is 3.73. The van der Waals surface area contributed by atoms with E-state index in [9.17, 15) is 13.2 Å². The molecule has 0 heterocycles. The smallest absolute Gasteiger partial charge is 0.240 e. The maximum absolute atomic E-state index is 12.3. The lowest BCUT2D eigenvalue weighted by atomic mass is 9.91. The molecule has 1 aliphatic carbocycles. The number of carbonyl (C=O) groups is 1. The van der Waals surface area contributed by atoms with Crippen LogP contribution in [-0.4, -0.2) is 26.4 Å². The zero-order valence-corrected chi connectivity index (χ0v) is 13.2.